The van der Waals surface area contributed by atoms with Crippen molar-refractivity contribution in [3.8, 4) is 0 Å². The van der Waals surface area contributed by atoms with Gasteiger partial charge in [-0.1, -0.05) is 17.4 Å². The maximum atomic E-state index is 5.31. The van der Waals surface area contributed by atoms with E-state index < -0.39 is 0 Å². The fraction of sp³-hybridized carbons (Fsp3) is 0.333. The van der Waals surface area contributed by atoms with Crippen LogP contribution in [0.3, 0.4) is 0 Å². The molecule has 3 N–H and O–H groups in total. The first-order chi connectivity index (χ1) is 8.67. The largest absolute Gasteiger partial charge is 0.300 e. The summed E-state index contributed by atoms with van der Waals surface area (Å²) in [5, 5.41) is 0.743. The van der Waals surface area contributed by atoms with Crippen LogP contribution >= 0.6 is 11.3 Å². The van der Waals surface area contributed by atoms with E-state index in [9.17, 15) is 0 Å². The van der Waals surface area contributed by atoms with Gasteiger partial charge in [0.1, 0.15) is 0 Å². The highest BCUT2D eigenvalue weighted by atomic mass is 32.1. The van der Waals surface area contributed by atoms with E-state index in [0.29, 0.717) is 0 Å². The summed E-state index contributed by atoms with van der Waals surface area (Å²) in [6.45, 7) is 3.67. The van der Waals surface area contributed by atoms with Gasteiger partial charge in [0.25, 0.3) is 0 Å². The summed E-state index contributed by atoms with van der Waals surface area (Å²) in [6.07, 6.45) is 1.85. The van der Waals surface area contributed by atoms with Crippen molar-refractivity contribution in [1.82, 2.24) is 14.9 Å². The van der Waals surface area contributed by atoms with E-state index in [0.717, 1.165) is 29.6 Å². The molecule has 6 heteroatoms. The van der Waals surface area contributed by atoms with Crippen LogP contribution in [0.25, 0.3) is 0 Å². The van der Waals surface area contributed by atoms with Crippen LogP contribution in [0.1, 0.15) is 16.3 Å². The zero-order valence-corrected chi connectivity index (χ0v) is 11.4. The van der Waals surface area contributed by atoms with E-state index in [2.05, 4.69) is 27.3 Å². The molecule has 96 valence electrons. The summed E-state index contributed by atoms with van der Waals surface area (Å²) in [5.74, 6) is 5.31. The number of anilines is 1. The Bertz CT molecular complexity index is 511. The standard InChI is InChI=1S/C12H17N5S/c1-9-4-3-5-10(15-9)7-17(2)8-11-6-14-12(16-13)18-11/h3-6H,7-8,13H2,1-2H3,(H,14,16). The molecule has 0 saturated heterocycles. The van der Waals surface area contributed by atoms with Crippen molar-refractivity contribution in [3.63, 3.8) is 0 Å². The van der Waals surface area contributed by atoms with Gasteiger partial charge in [-0.15, -0.1) is 0 Å². The molecular formula is C12H17N5S. The van der Waals surface area contributed by atoms with E-state index in [4.69, 9.17) is 5.84 Å². The normalized spacial score (nSPS) is 10.9. The Hall–Kier alpha value is -1.50. The molecule has 2 aromatic rings. The molecule has 0 spiro atoms. The van der Waals surface area contributed by atoms with Crippen LogP contribution in [0, 0.1) is 6.92 Å². The van der Waals surface area contributed by atoms with Crippen molar-refractivity contribution in [1.29, 1.82) is 0 Å². The lowest BCUT2D eigenvalue weighted by Gasteiger charge is -2.14. The van der Waals surface area contributed by atoms with E-state index in [1.54, 1.807) is 11.3 Å². The second kappa shape index (κ2) is 5.90. The van der Waals surface area contributed by atoms with Gasteiger partial charge in [-0.05, 0) is 26.1 Å². The van der Waals surface area contributed by atoms with Crippen LogP contribution in [-0.2, 0) is 13.1 Å². The number of nitrogen functional groups attached to an aromatic ring is 1. The molecule has 0 amide bonds. The Kier molecular flexibility index (Phi) is 4.24. The summed E-state index contributed by atoms with van der Waals surface area (Å²) >= 11 is 1.57. The second-order valence-corrected chi connectivity index (χ2v) is 5.33. The van der Waals surface area contributed by atoms with Crippen molar-refractivity contribution in [2.24, 2.45) is 5.84 Å². The number of nitrogens with one attached hydrogen (secondary N) is 1. The number of hydrogen-bond acceptors (Lipinski definition) is 6. The number of thiazole rings is 1. The van der Waals surface area contributed by atoms with Gasteiger partial charge in [0.05, 0.1) is 5.69 Å². The highest BCUT2D eigenvalue weighted by Gasteiger charge is 2.06. The van der Waals surface area contributed by atoms with Crippen LogP contribution < -0.4 is 11.3 Å². The molecule has 5 nitrogen and oxygen atoms in total. The van der Waals surface area contributed by atoms with Crippen LogP contribution in [0.15, 0.2) is 24.4 Å². The Morgan fingerprint density at radius 2 is 2.22 bits per heavy atom. The lowest BCUT2D eigenvalue weighted by atomic mass is 10.3. The van der Waals surface area contributed by atoms with Gasteiger partial charge < -0.3 is 0 Å². The van der Waals surface area contributed by atoms with E-state index in [1.165, 1.54) is 4.88 Å². The third kappa shape index (κ3) is 3.49. The first-order valence-electron chi connectivity index (χ1n) is 5.70. The lowest BCUT2D eigenvalue weighted by molar-refractivity contribution is 0.317. The van der Waals surface area contributed by atoms with Crippen molar-refractivity contribution >= 4 is 16.5 Å². The third-order valence-corrected chi connectivity index (χ3v) is 3.39. The molecule has 2 aromatic heterocycles. The molecular weight excluding hydrogens is 246 g/mol. The number of pyridine rings is 1. The van der Waals surface area contributed by atoms with Crippen LogP contribution in [0.4, 0.5) is 5.13 Å². The Morgan fingerprint density at radius 3 is 2.89 bits per heavy atom. The summed E-state index contributed by atoms with van der Waals surface area (Å²) in [5.41, 5.74) is 4.69. The molecule has 0 aliphatic carbocycles. The number of rotatable bonds is 5. The average molecular weight is 263 g/mol. The Balaban J connectivity index is 1.94. The Morgan fingerprint density at radius 1 is 1.39 bits per heavy atom. The fourth-order valence-corrected chi connectivity index (χ4v) is 2.54. The number of hydrazine groups is 1. The van der Waals surface area contributed by atoms with Crippen molar-refractivity contribution in [2.45, 2.75) is 20.0 Å². The smallest absolute Gasteiger partial charge is 0.197 e. The number of aryl methyl sites for hydroxylation is 1. The molecule has 0 unspecified atom stereocenters. The summed E-state index contributed by atoms with van der Waals surface area (Å²) < 4.78 is 0. The highest BCUT2D eigenvalue weighted by Crippen LogP contribution is 2.18. The average Bonchev–Trinajstić information content (AvgIpc) is 2.76. The Labute approximate surface area is 111 Å². The second-order valence-electron chi connectivity index (χ2n) is 4.22. The zero-order chi connectivity index (χ0) is 13.0. The molecule has 0 aromatic carbocycles. The van der Waals surface area contributed by atoms with Gasteiger partial charge in [-0.25, -0.2) is 10.8 Å². The molecule has 0 aliphatic heterocycles. The van der Waals surface area contributed by atoms with Gasteiger partial charge in [0.15, 0.2) is 5.13 Å². The fourth-order valence-electron chi connectivity index (χ4n) is 1.73. The molecule has 18 heavy (non-hydrogen) atoms. The van der Waals surface area contributed by atoms with E-state index >= 15 is 0 Å². The van der Waals surface area contributed by atoms with Gasteiger partial charge in [-0.3, -0.25) is 15.3 Å². The van der Waals surface area contributed by atoms with Crippen molar-refractivity contribution in [3.05, 3.63) is 40.7 Å². The number of aromatic nitrogens is 2. The number of nitrogens with zero attached hydrogens (tertiary/aromatic N) is 3. The minimum absolute atomic E-state index is 0.743. The van der Waals surface area contributed by atoms with Gasteiger partial charge in [0.2, 0.25) is 0 Å². The lowest BCUT2D eigenvalue weighted by Crippen LogP contribution is -2.17. The molecule has 0 saturated carbocycles. The topological polar surface area (TPSA) is 67.1 Å². The minimum Gasteiger partial charge on any atom is -0.300 e. The predicted octanol–water partition coefficient (Wildman–Crippen LogP) is 1.76. The third-order valence-electron chi connectivity index (χ3n) is 2.48. The molecule has 2 rings (SSSR count). The summed E-state index contributed by atoms with van der Waals surface area (Å²) in [6, 6.07) is 6.09. The maximum absolute atomic E-state index is 5.31. The first kappa shape index (κ1) is 12.9. The molecule has 0 fully saturated rings. The zero-order valence-electron chi connectivity index (χ0n) is 10.6. The van der Waals surface area contributed by atoms with Crippen LogP contribution in [-0.4, -0.2) is 21.9 Å². The predicted molar refractivity (Wildman–Crippen MR) is 74.1 cm³/mol. The SMILES string of the molecule is Cc1cccc(CN(C)Cc2cnc(NN)s2)n1. The van der Waals surface area contributed by atoms with Crippen molar-refractivity contribution in [2.75, 3.05) is 12.5 Å². The van der Waals surface area contributed by atoms with Gasteiger partial charge in [-0.2, -0.15) is 0 Å². The number of nitrogens with two attached hydrogens (primary N) is 1. The first-order valence-corrected chi connectivity index (χ1v) is 6.51. The molecule has 0 radical (unpaired) electrons. The quantitative estimate of drug-likeness (QED) is 0.635. The van der Waals surface area contributed by atoms with Gasteiger partial charge in [0, 0.05) is 29.9 Å². The maximum Gasteiger partial charge on any atom is 0.197 e. The van der Waals surface area contributed by atoms with Gasteiger partial charge >= 0.3 is 0 Å². The molecule has 0 bridgehead atoms. The van der Waals surface area contributed by atoms with Crippen LogP contribution in [0.2, 0.25) is 0 Å². The monoisotopic (exact) mass is 263 g/mol. The molecule has 0 atom stereocenters. The number of hydrogen-bond donors (Lipinski definition) is 2. The van der Waals surface area contributed by atoms with E-state index in [1.807, 2.05) is 31.3 Å². The molecule has 2 heterocycles. The van der Waals surface area contributed by atoms with Crippen molar-refractivity contribution < 1.29 is 0 Å². The molecule has 0 aliphatic rings. The highest BCUT2D eigenvalue weighted by molar-refractivity contribution is 7.15. The minimum atomic E-state index is 0.743. The summed E-state index contributed by atoms with van der Waals surface area (Å²) in [7, 11) is 2.07. The van der Waals surface area contributed by atoms with E-state index in [-0.39, 0.29) is 0 Å². The van der Waals surface area contributed by atoms with Crippen LogP contribution in [0.5, 0.6) is 0 Å². The summed E-state index contributed by atoms with van der Waals surface area (Å²) in [4.78, 5) is 12.0.